The molecule has 0 spiro atoms. The van der Waals surface area contributed by atoms with Crippen molar-refractivity contribution >= 4 is 57.3 Å². The molecule has 120 valence electrons. The highest BCUT2D eigenvalue weighted by molar-refractivity contribution is 8.27. The Bertz CT molecular complexity index is 858. The van der Waals surface area contributed by atoms with Crippen molar-refractivity contribution in [2.45, 2.75) is 6.92 Å². The van der Waals surface area contributed by atoms with E-state index >= 15 is 0 Å². The molecule has 0 unspecified atom stereocenters. The number of anilines is 1. The van der Waals surface area contributed by atoms with Crippen LogP contribution in [-0.4, -0.2) is 16.0 Å². The molecule has 0 radical (unpaired) electrons. The summed E-state index contributed by atoms with van der Waals surface area (Å²) in [4.78, 5) is 26.7. The Hall–Kier alpha value is -1.95. The van der Waals surface area contributed by atoms with Crippen molar-refractivity contribution in [2.24, 2.45) is 0 Å². The van der Waals surface area contributed by atoms with Crippen molar-refractivity contribution in [1.29, 1.82) is 0 Å². The second-order valence-electron chi connectivity index (χ2n) is 5.22. The van der Waals surface area contributed by atoms with Gasteiger partial charge in [-0.25, -0.2) is 0 Å². The second kappa shape index (κ2) is 6.89. The Balaban J connectivity index is 1.86. The third kappa shape index (κ3) is 3.43. The third-order valence-corrected chi connectivity index (χ3v) is 5.03. The van der Waals surface area contributed by atoms with E-state index in [9.17, 15) is 9.59 Å². The quantitative estimate of drug-likeness (QED) is 0.441. The number of halogens is 1. The number of rotatable bonds is 3. The Morgan fingerprint density at radius 2 is 1.75 bits per heavy atom. The molecule has 1 saturated heterocycles. The zero-order valence-electron chi connectivity index (χ0n) is 12.7. The lowest BCUT2D eigenvalue weighted by Crippen LogP contribution is -2.27. The SMILES string of the molecule is Cc1ccc(N2C(=O)/C(=C\C(=O)c3ccc(Cl)cc3)SC2=S)cc1. The number of carbonyl (C=O) groups excluding carboxylic acids is 2. The number of allylic oxidation sites excluding steroid dienone is 1. The zero-order chi connectivity index (χ0) is 17.3. The van der Waals surface area contributed by atoms with Crippen LogP contribution < -0.4 is 4.90 Å². The normalized spacial score (nSPS) is 16.1. The maximum absolute atomic E-state index is 12.6. The first-order valence-electron chi connectivity index (χ1n) is 7.10. The van der Waals surface area contributed by atoms with Gasteiger partial charge >= 0.3 is 0 Å². The molecule has 0 aliphatic carbocycles. The average molecular weight is 374 g/mol. The molecule has 1 aliphatic rings. The molecule has 6 heteroatoms. The number of benzene rings is 2. The summed E-state index contributed by atoms with van der Waals surface area (Å²) < 4.78 is 0.416. The predicted molar refractivity (Wildman–Crippen MR) is 103 cm³/mol. The average Bonchev–Trinajstić information content (AvgIpc) is 2.83. The standard InChI is InChI=1S/C18H12ClNO2S2/c1-11-2-8-14(9-3-11)20-17(22)16(24-18(20)23)10-15(21)12-4-6-13(19)7-5-12/h2-10H,1H3/b16-10+. The van der Waals surface area contributed by atoms with Crippen LogP contribution in [0.3, 0.4) is 0 Å². The summed E-state index contributed by atoms with van der Waals surface area (Å²) in [5.41, 5.74) is 2.27. The van der Waals surface area contributed by atoms with E-state index in [1.165, 1.54) is 11.0 Å². The maximum Gasteiger partial charge on any atom is 0.270 e. The van der Waals surface area contributed by atoms with Gasteiger partial charge in [-0.15, -0.1) is 0 Å². The Morgan fingerprint density at radius 3 is 2.38 bits per heavy atom. The molecule has 3 rings (SSSR count). The minimum atomic E-state index is -0.281. The van der Waals surface area contributed by atoms with Crippen molar-refractivity contribution in [3.05, 3.63) is 75.7 Å². The third-order valence-electron chi connectivity index (χ3n) is 3.48. The molecule has 2 aromatic rings. The molecule has 1 fully saturated rings. The largest absolute Gasteiger partial charge is 0.289 e. The monoisotopic (exact) mass is 373 g/mol. The van der Waals surface area contributed by atoms with Gasteiger partial charge in [-0.05, 0) is 43.3 Å². The van der Waals surface area contributed by atoms with Crippen molar-refractivity contribution < 1.29 is 9.59 Å². The van der Waals surface area contributed by atoms with Crippen LogP contribution in [0.25, 0.3) is 0 Å². The van der Waals surface area contributed by atoms with Gasteiger partial charge in [0.25, 0.3) is 5.91 Å². The fraction of sp³-hybridized carbons (Fsp3) is 0.0556. The van der Waals surface area contributed by atoms with Crippen molar-refractivity contribution in [3.8, 4) is 0 Å². The summed E-state index contributed by atoms with van der Waals surface area (Å²) >= 11 is 12.2. The Kier molecular flexibility index (Phi) is 4.85. The van der Waals surface area contributed by atoms with Crippen LogP contribution in [0, 0.1) is 6.92 Å². The molecule has 2 aromatic carbocycles. The van der Waals surface area contributed by atoms with Gasteiger partial charge in [0.1, 0.15) is 0 Å². The van der Waals surface area contributed by atoms with Gasteiger partial charge in [-0.1, -0.05) is 53.3 Å². The smallest absolute Gasteiger partial charge is 0.270 e. The van der Waals surface area contributed by atoms with Crippen molar-refractivity contribution in [2.75, 3.05) is 4.90 Å². The van der Waals surface area contributed by atoms with E-state index < -0.39 is 0 Å². The van der Waals surface area contributed by atoms with E-state index in [0.29, 0.717) is 25.5 Å². The van der Waals surface area contributed by atoms with Gasteiger partial charge in [0, 0.05) is 16.7 Å². The van der Waals surface area contributed by atoms with Crippen LogP contribution >= 0.6 is 35.6 Å². The molecule has 1 heterocycles. The van der Waals surface area contributed by atoms with Crippen LogP contribution in [0.1, 0.15) is 15.9 Å². The van der Waals surface area contributed by atoms with Gasteiger partial charge in [0.2, 0.25) is 0 Å². The summed E-state index contributed by atoms with van der Waals surface area (Å²) in [6.07, 6.45) is 1.33. The second-order valence-corrected chi connectivity index (χ2v) is 7.34. The number of amides is 1. The summed E-state index contributed by atoms with van der Waals surface area (Å²) in [6.45, 7) is 1.97. The van der Waals surface area contributed by atoms with Gasteiger partial charge in [0.05, 0.1) is 10.6 Å². The number of thiocarbonyl (C=S) groups is 1. The van der Waals surface area contributed by atoms with E-state index in [1.807, 2.05) is 31.2 Å². The molecule has 0 saturated carbocycles. The van der Waals surface area contributed by atoms with Crippen molar-refractivity contribution in [3.63, 3.8) is 0 Å². The highest BCUT2D eigenvalue weighted by atomic mass is 35.5. The number of hydrogen-bond acceptors (Lipinski definition) is 4. The van der Waals surface area contributed by atoms with E-state index in [2.05, 4.69) is 0 Å². The minimum Gasteiger partial charge on any atom is -0.289 e. The van der Waals surface area contributed by atoms with Crippen molar-refractivity contribution in [1.82, 2.24) is 0 Å². The first-order chi connectivity index (χ1) is 11.5. The molecule has 3 nitrogen and oxygen atoms in total. The summed E-state index contributed by atoms with van der Waals surface area (Å²) in [7, 11) is 0. The number of ketones is 1. The molecular weight excluding hydrogens is 362 g/mol. The summed E-state index contributed by atoms with van der Waals surface area (Å²) in [6, 6.07) is 14.0. The molecule has 24 heavy (non-hydrogen) atoms. The first kappa shape index (κ1) is 16.9. The lowest BCUT2D eigenvalue weighted by molar-refractivity contribution is -0.113. The number of hydrogen-bond donors (Lipinski definition) is 0. The fourth-order valence-electron chi connectivity index (χ4n) is 2.20. The molecule has 0 bridgehead atoms. The highest BCUT2D eigenvalue weighted by Gasteiger charge is 2.33. The molecule has 0 aromatic heterocycles. The summed E-state index contributed by atoms with van der Waals surface area (Å²) in [5.74, 6) is -0.535. The van der Waals surface area contributed by atoms with E-state index in [0.717, 1.165) is 17.3 Å². The lowest BCUT2D eigenvalue weighted by atomic mass is 10.1. The van der Waals surface area contributed by atoms with Crippen LogP contribution in [0.15, 0.2) is 59.5 Å². The van der Waals surface area contributed by atoms with Gasteiger partial charge in [-0.3, -0.25) is 14.5 Å². The van der Waals surface area contributed by atoms with Crippen LogP contribution in [0.2, 0.25) is 5.02 Å². The number of aryl methyl sites for hydroxylation is 1. The predicted octanol–water partition coefficient (Wildman–Crippen LogP) is 4.78. The van der Waals surface area contributed by atoms with Crippen LogP contribution in [0.4, 0.5) is 5.69 Å². The first-order valence-corrected chi connectivity index (χ1v) is 8.70. The molecule has 1 aliphatic heterocycles. The number of nitrogens with zero attached hydrogens (tertiary/aromatic N) is 1. The van der Waals surface area contributed by atoms with E-state index in [-0.39, 0.29) is 11.7 Å². The zero-order valence-corrected chi connectivity index (χ0v) is 15.0. The number of carbonyl (C=O) groups is 2. The minimum absolute atomic E-state index is 0.254. The maximum atomic E-state index is 12.6. The molecule has 0 N–H and O–H groups in total. The Morgan fingerprint density at radius 1 is 1.12 bits per heavy atom. The van der Waals surface area contributed by atoms with Crippen LogP contribution in [0.5, 0.6) is 0 Å². The van der Waals surface area contributed by atoms with E-state index in [1.54, 1.807) is 24.3 Å². The van der Waals surface area contributed by atoms with E-state index in [4.69, 9.17) is 23.8 Å². The Labute approximate surface area is 154 Å². The van der Waals surface area contributed by atoms with Crippen LogP contribution in [-0.2, 0) is 4.79 Å². The van der Waals surface area contributed by atoms with Gasteiger partial charge in [0.15, 0.2) is 10.1 Å². The highest BCUT2D eigenvalue weighted by Crippen LogP contribution is 2.35. The summed E-state index contributed by atoms with van der Waals surface area (Å²) in [5, 5.41) is 0.553. The topological polar surface area (TPSA) is 37.4 Å². The molecule has 0 atom stereocenters. The molecular formula is C18H12ClNO2S2. The van der Waals surface area contributed by atoms with Gasteiger partial charge < -0.3 is 0 Å². The fourth-order valence-corrected chi connectivity index (χ4v) is 3.60. The molecule has 1 amide bonds. The number of thioether (sulfide) groups is 1. The van der Waals surface area contributed by atoms with Gasteiger partial charge in [-0.2, -0.15) is 0 Å². The lowest BCUT2D eigenvalue weighted by Gasteiger charge is -2.14.